The molecule has 0 bridgehead atoms. The fraction of sp³-hybridized carbons (Fsp3) is 0.364. The number of hydrogen-bond acceptors (Lipinski definition) is 4. The number of hydrogen-bond donors (Lipinski definition) is 1. The molecule has 0 spiro atoms. The van der Waals surface area contributed by atoms with Gasteiger partial charge in [0.25, 0.3) is 0 Å². The third-order valence-corrected chi connectivity index (χ3v) is 4.47. The molecule has 1 aromatic carbocycles. The number of fused-ring (bicyclic) bond motifs is 1. The maximum atomic E-state index is 6.00. The van der Waals surface area contributed by atoms with Crippen LogP contribution in [0.15, 0.2) is 22.7 Å². The predicted molar refractivity (Wildman–Crippen MR) is 68.9 cm³/mol. The highest BCUT2D eigenvalue weighted by Crippen LogP contribution is 2.32. The molecule has 5 heteroatoms. The van der Waals surface area contributed by atoms with Crippen molar-refractivity contribution in [3.8, 4) is 0 Å². The highest BCUT2D eigenvalue weighted by Gasteiger charge is 2.29. The van der Waals surface area contributed by atoms with Crippen molar-refractivity contribution >= 4 is 37.5 Å². The number of halogens is 1. The molecule has 2 aromatic rings. The zero-order chi connectivity index (χ0) is 11.1. The van der Waals surface area contributed by atoms with Gasteiger partial charge in [0.2, 0.25) is 0 Å². The Hall–Kier alpha value is -0.490. The number of aromatic nitrogens is 1. The van der Waals surface area contributed by atoms with Crippen molar-refractivity contribution in [3.05, 3.63) is 27.7 Å². The summed E-state index contributed by atoms with van der Waals surface area (Å²) in [4.78, 5) is 4.63. The summed E-state index contributed by atoms with van der Waals surface area (Å²) in [6.07, 6.45) is 0. The molecule has 1 saturated heterocycles. The molecule has 0 radical (unpaired) electrons. The number of thiazole rings is 1. The lowest BCUT2D eigenvalue weighted by atomic mass is 10.1. The van der Waals surface area contributed by atoms with Crippen LogP contribution in [0.2, 0.25) is 0 Å². The van der Waals surface area contributed by atoms with E-state index in [4.69, 9.17) is 10.5 Å². The number of benzene rings is 1. The summed E-state index contributed by atoms with van der Waals surface area (Å²) < 4.78 is 7.64. The Morgan fingerprint density at radius 2 is 2.31 bits per heavy atom. The monoisotopic (exact) mass is 298 g/mol. The van der Waals surface area contributed by atoms with E-state index in [0.29, 0.717) is 13.2 Å². The largest absolute Gasteiger partial charge is 0.379 e. The van der Waals surface area contributed by atoms with Crippen LogP contribution < -0.4 is 5.73 Å². The summed E-state index contributed by atoms with van der Waals surface area (Å²) in [5.41, 5.74) is 7.03. The minimum Gasteiger partial charge on any atom is -0.379 e. The van der Waals surface area contributed by atoms with Crippen LogP contribution in [0.1, 0.15) is 10.9 Å². The molecule has 2 N–H and O–H groups in total. The van der Waals surface area contributed by atoms with Gasteiger partial charge >= 0.3 is 0 Å². The first-order valence-corrected chi connectivity index (χ1v) is 6.74. The van der Waals surface area contributed by atoms with Crippen molar-refractivity contribution in [3.63, 3.8) is 0 Å². The Morgan fingerprint density at radius 1 is 1.44 bits per heavy atom. The molecule has 2 atom stereocenters. The summed E-state index contributed by atoms with van der Waals surface area (Å²) in [6.45, 7) is 1.34. The van der Waals surface area contributed by atoms with Gasteiger partial charge in [-0.1, -0.05) is 15.9 Å². The molecule has 3 nitrogen and oxygen atoms in total. The summed E-state index contributed by atoms with van der Waals surface area (Å²) >= 11 is 5.17. The first-order chi connectivity index (χ1) is 7.74. The lowest BCUT2D eigenvalue weighted by molar-refractivity contribution is 0.191. The van der Waals surface area contributed by atoms with Crippen molar-refractivity contribution < 1.29 is 4.74 Å². The third-order valence-electron chi connectivity index (χ3n) is 2.81. The van der Waals surface area contributed by atoms with Crippen molar-refractivity contribution in [2.75, 3.05) is 13.2 Å². The van der Waals surface area contributed by atoms with Gasteiger partial charge in [0.1, 0.15) is 5.01 Å². The molecule has 1 aliphatic rings. The quantitative estimate of drug-likeness (QED) is 0.880. The van der Waals surface area contributed by atoms with Gasteiger partial charge in [-0.2, -0.15) is 0 Å². The van der Waals surface area contributed by atoms with E-state index in [1.165, 1.54) is 4.70 Å². The van der Waals surface area contributed by atoms with Gasteiger partial charge in [-0.05, 0) is 18.2 Å². The standard InChI is InChI=1S/C11H11BrN2OS/c12-6-1-2-10-9(3-6)14-11(16-10)7-4-15-5-8(7)13/h1-3,7-8H,4-5,13H2. The molecule has 84 valence electrons. The molecule has 2 unspecified atom stereocenters. The van der Waals surface area contributed by atoms with Gasteiger partial charge in [-0.25, -0.2) is 4.98 Å². The Bertz CT molecular complexity index is 528. The minimum absolute atomic E-state index is 0.0870. The Labute approximate surface area is 106 Å². The molecule has 16 heavy (non-hydrogen) atoms. The highest BCUT2D eigenvalue weighted by molar-refractivity contribution is 9.10. The normalized spacial score (nSPS) is 25.4. The lowest BCUT2D eigenvalue weighted by Gasteiger charge is -2.08. The van der Waals surface area contributed by atoms with Crippen LogP contribution in [0.25, 0.3) is 10.2 Å². The molecule has 0 amide bonds. The molecule has 1 fully saturated rings. The zero-order valence-electron chi connectivity index (χ0n) is 8.52. The fourth-order valence-electron chi connectivity index (χ4n) is 1.90. The third kappa shape index (κ3) is 1.78. The van der Waals surface area contributed by atoms with E-state index in [-0.39, 0.29) is 12.0 Å². The fourth-order valence-corrected chi connectivity index (χ4v) is 3.36. The van der Waals surface area contributed by atoms with E-state index in [2.05, 4.69) is 27.0 Å². The number of nitrogens with zero attached hydrogens (tertiary/aromatic N) is 1. The van der Waals surface area contributed by atoms with Crippen LogP contribution in [0.3, 0.4) is 0 Å². The molecule has 1 aliphatic heterocycles. The Balaban J connectivity index is 2.04. The highest BCUT2D eigenvalue weighted by atomic mass is 79.9. The molecule has 2 heterocycles. The van der Waals surface area contributed by atoms with Gasteiger partial charge in [-0.3, -0.25) is 0 Å². The van der Waals surface area contributed by atoms with Gasteiger partial charge in [0.05, 0.1) is 29.3 Å². The Morgan fingerprint density at radius 3 is 3.06 bits per heavy atom. The minimum atomic E-state index is 0.0870. The summed E-state index contributed by atoms with van der Waals surface area (Å²) in [7, 11) is 0. The van der Waals surface area contributed by atoms with Crippen LogP contribution in [0.5, 0.6) is 0 Å². The summed E-state index contributed by atoms with van der Waals surface area (Å²) in [5, 5.41) is 1.10. The van der Waals surface area contributed by atoms with Gasteiger partial charge in [-0.15, -0.1) is 11.3 Å². The lowest BCUT2D eigenvalue weighted by Crippen LogP contribution is -2.26. The maximum absolute atomic E-state index is 6.00. The molecule has 0 saturated carbocycles. The van der Waals surface area contributed by atoms with Crippen LogP contribution in [0.4, 0.5) is 0 Å². The first kappa shape index (κ1) is 10.7. The van der Waals surface area contributed by atoms with Crippen LogP contribution in [-0.4, -0.2) is 24.2 Å². The van der Waals surface area contributed by atoms with Crippen LogP contribution in [-0.2, 0) is 4.74 Å². The maximum Gasteiger partial charge on any atom is 0.101 e. The van der Waals surface area contributed by atoms with Crippen molar-refractivity contribution in [2.24, 2.45) is 5.73 Å². The van der Waals surface area contributed by atoms with Crippen molar-refractivity contribution in [1.82, 2.24) is 4.98 Å². The van der Waals surface area contributed by atoms with Gasteiger partial charge in [0.15, 0.2) is 0 Å². The Kier molecular flexibility index (Phi) is 2.71. The summed E-state index contributed by atoms with van der Waals surface area (Å²) in [5.74, 6) is 0.260. The van der Waals surface area contributed by atoms with Crippen molar-refractivity contribution in [2.45, 2.75) is 12.0 Å². The van der Waals surface area contributed by atoms with E-state index >= 15 is 0 Å². The second-order valence-corrected chi connectivity index (χ2v) is 5.95. The van der Waals surface area contributed by atoms with Crippen molar-refractivity contribution in [1.29, 1.82) is 0 Å². The topological polar surface area (TPSA) is 48.1 Å². The predicted octanol–water partition coefficient (Wildman–Crippen LogP) is 2.50. The van der Waals surface area contributed by atoms with E-state index in [9.17, 15) is 0 Å². The molecule has 1 aromatic heterocycles. The first-order valence-electron chi connectivity index (χ1n) is 5.13. The van der Waals surface area contributed by atoms with E-state index in [0.717, 1.165) is 15.0 Å². The SMILES string of the molecule is NC1COCC1c1nc2cc(Br)ccc2s1. The zero-order valence-corrected chi connectivity index (χ0v) is 10.9. The van der Waals surface area contributed by atoms with Gasteiger partial charge in [0, 0.05) is 10.5 Å². The molecule has 0 aliphatic carbocycles. The number of ether oxygens (including phenoxy) is 1. The average molecular weight is 299 g/mol. The average Bonchev–Trinajstić information content (AvgIpc) is 2.82. The van der Waals surface area contributed by atoms with E-state index in [1.807, 2.05) is 12.1 Å². The smallest absolute Gasteiger partial charge is 0.101 e. The van der Waals surface area contributed by atoms with Crippen LogP contribution in [0, 0.1) is 0 Å². The van der Waals surface area contributed by atoms with E-state index < -0.39 is 0 Å². The number of nitrogens with two attached hydrogens (primary N) is 1. The van der Waals surface area contributed by atoms with E-state index in [1.54, 1.807) is 11.3 Å². The summed E-state index contributed by atoms with van der Waals surface area (Å²) in [6, 6.07) is 6.25. The second-order valence-electron chi connectivity index (χ2n) is 3.97. The second kappa shape index (κ2) is 4.07. The van der Waals surface area contributed by atoms with Crippen LogP contribution >= 0.6 is 27.3 Å². The molecular weight excluding hydrogens is 288 g/mol. The van der Waals surface area contributed by atoms with Gasteiger partial charge < -0.3 is 10.5 Å². The molecule has 3 rings (SSSR count). The molecular formula is C11H11BrN2OS. The number of rotatable bonds is 1.